The smallest absolute Gasteiger partial charge is 0.328 e. The van der Waals surface area contributed by atoms with Crippen LogP contribution in [0.1, 0.15) is 37.3 Å². The summed E-state index contributed by atoms with van der Waals surface area (Å²) in [5.74, 6) is 0.204. The number of ether oxygens (including phenoxy) is 1. The predicted octanol–water partition coefficient (Wildman–Crippen LogP) is 2.52. The molecule has 1 aliphatic rings. The highest BCUT2D eigenvalue weighted by Gasteiger charge is 2.29. The summed E-state index contributed by atoms with van der Waals surface area (Å²) in [5.41, 5.74) is 1.10. The molecule has 2 heterocycles. The van der Waals surface area contributed by atoms with E-state index in [2.05, 4.69) is 19.2 Å². The SMILES string of the molecule is CC(C)C(C)OC(=O)C1NCCc2sccc21. The Morgan fingerprint density at radius 2 is 2.29 bits per heavy atom. The Morgan fingerprint density at radius 3 is 3.00 bits per heavy atom. The third-order valence-electron chi connectivity index (χ3n) is 3.27. The molecule has 4 heteroatoms. The fraction of sp³-hybridized carbons (Fsp3) is 0.615. The van der Waals surface area contributed by atoms with Crippen molar-refractivity contribution < 1.29 is 9.53 Å². The largest absolute Gasteiger partial charge is 0.461 e. The fourth-order valence-electron chi connectivity index (χ4n) is 1.85. The molecule has 1 N–H and O–H groups in total. The Labute approximate surface area is 106 Å². The summed E-state index contributed by atoms with van der Waals surface area (Å²) in [6.07, 6.45) is 0.976. The summed E-state index contributed by atoms with van der Waals surface area (Å²) in [5, 5.41) is 5.28. The molecule has 2 rings (SSSR count). The van der Waals surface area contributed by atoms with Crippen LogP contribution in [0, 0.1) is 5.92 Å². The molecule has 94 valence electrons. The molecule has 0 radical (unpaired) electrons. The lowest BCUT2D eigenvalue weighted by Crippen LogP contribution is -2.37. The zero-order valence-corrected chi connectivity index (χ0v) is 11.3. The van der Waals surface area contributed by atoms with Gasteiger partial charge in [-0.3, -0.25) is 0 Å². The van der Waals surface area contributed by atoms with E-state index in [1.54, 1.807) is 11.3 Å². The van der Waals surface area contributed by atoms with Crippen molar-refractivity contribution in [2.45, 2.75) is 39.3 Å². The second kappa shape index (κ2) is 5.19. The van der Waals surface area contributed by atoms with Crippen LogP contribution in [0.2, 0.25) is 0 Å². The summed E-state index contributed by atoms with van der Waals surface area (Å²) >= 11 is 1.72. The van der Waals surface area contributed by atoms with Gasteiger partial charge in [-0.2, -0.15) is 0 Å². The van der Waals surface area contributed by atoms with Gasteiger partial charge in [0.05, 0.1) is 0 Å². The quantitative estimate of drug-likeness (QED) is 0.841. The van der Waals surface area contributed by atoms with Crippen molar-refractivity contribution in [2.75, 3.05) is 6.54 Å². The van der Waals surface area contributed by atoms with Gasteiger partial charge in [0, 0.05) is 11.4 Å². The summed E-state index contributed by atoms with van der Waals surface area (Å²) < 4.78 is 5.48. The molecule has 1 aliphatic heterocycles. The average Bonchev–Trinajstić information content (AvgIpc) is 2.76. The van der Waals surface area contributed by atoms with Crippen LogP contribution in [0.15, 0.2) is 11.4 Å². The molecule has 0 saturated heterocycles. The Bertz CT molecular complexity index is 400. The Balaban J connectivity index is 2.07. The van der Waals surface area contributed by atoms with E-state index in [4.69, 9.17) is 4.74 Å². The maximum atomic E-state index is 12.1. The van der Waals surface area contributed by atoms with Crippen LogP contribution in [0.3, 0.4) is 0 Å². The van der Waals surface area contributed by atoms with E-state index < -0.39 is 0 Å². The molecule has 0 spiro atoms. The van der Waals surface area contributed by atoms with Crippen LogP contribution < -0.4 is 5.32 Å². The molecule has 0 saturated carbocycles. The number of rotatable bonds is 3. The molecule has 2 unspecified atom stereocenters. The van der Waals surface area contributed by atoms with Crippen LogP contribution >= 0.6 is 11.3 Å². The third kappa shape index (κ3) is 2.69. The van der Waals surface area contributed by atoms with Gasteiger partial charge < -0.3 is 10.1 Å². The van der Waals surface area contributed by atoms with Crippen molar-refractivity contribution in [1.29, 1.82) is 0 Å². The maximum Gasteiger partial charge on any atom is 0.328 e. The number of esters is 1. The lowest BCUT2D eigenvalue weighted by Gasteiger charge is -2.25. The van der Waals surface area contributed by atoms with Crippen LogP contribution in [-0.2, 0) is 16.0 Å². The monoisotopic (exact) mass is 253 g/mol. The minimum absolute atomic E-state index is 0.0340. The Kier molecular flexibility index (Phi) is 3.84. The number of thiophene rings is 1. The molecule has 0 bridgehead atoms. The lowest BCUT2D eigenvalue weighted by molar-refractivity contribution is -0.153. The number of nitrogens with one attached hydrogen (secondary N) is 1. The summed E-state index contributed by atoms with van der Waals surface area (Å²) in [6, 6.07) is 1.75. The minimum atomic E-state index is -0.272. The normalized spacial score (nSPS) is 21.1. The first-order chi connectivity index (χ1) is 8.09. The van der Waals surface area contributed by atoms with Gasteiger partial charge in [-0.15, -0.1) is 11.3 Å². The van der Waals surface area contributed by atoms with E-state index >= 15 is 0 Å². The van der Waals surface area contributed by atoms with E-state index in [1.807, 2.05) is 18.4 Å². The van der Waals surface area contributed by atoms with Gasteiger partial charge in [0.15, 0.2) is 0 Å². The van der Waals surface area contributed by atoms with E-state index in [9.17, 15) is 4.79 Å². The Morgan fingerprint density at radius 1 is 1.53 bits per heavy atom. The summed E-state index contributed by atoms with van der Waals surface area (Å²) in [6.45, 7) is 6.91. The van der Waals surface area contributed by atoms with E-state index in [0.717, 1.165) is 18.5 Å². The van der Waals surface area contributed by atoms with Crippen molar-refractivity contribution >= 4 is 17.3 Å². The van der Waals surface area contributed by atoms with Crippen molar-refractivity contribution in [3.63, 3.8) is 0 Å². The summed E-state index contributed by atoms with van der Waals surface area (Å²) in [7, 11) is 0. The van der Waals surface area contributed by atoms with Gasteiger partial charge in [0.1, 0.15) is 12.1 Å². The highest BCUT2D eigenvalue weighted by molar-refractivity contribution is 7.10. The first-order valence-corrected chi connectivity index (χ1v) is 6.97. The molecule has 0 aliphatic carbocycles. The second-order valence-electron chi connectivity index (χ2n) is 4.82. The fourth-order valence-corrected chi connectivity index (χ4v) is 2.77. The lowest BCUT2D eigenvalue weighted by atomic mass is 10.0. The molecule has 17 heavy (non-hydrogen) atoms. The van der Waals surface area contributed by atoms with Crippen molar-refractivity contribution in [3.05, 3.63) is 21.9 Å². The highest BCUT2D eigenvalue weighted by atomic mass is 32.1. The molecule has 0 amide bonds. The number of hydrogen-bond acceptors (Lipinski definition) is 4. The zero-order valence-electron chi connectivity index (χ0n) is 10.5. The van der Waals surface area contributed by atoms with Gasteiger partial charge in [-0.05, 0) is 36.3 Å². The topological polar surface area (TPSA) is 38.3 Å². The first-order valence-electron chi connectivity index (χ1n) is 6.09. The van der Waals surface area contributed by atoms with E-state index in [-0.39, 0.29) is 18.1 Å². The second-order valence-corrected chi connectivity index (χ2v) is 5.82. The highest BCUT2D eigenvalue weighted by Crippen LogP contribution is 2.28. The summed E-state index contributed by atoms with van der Waals surface area (Å²) in [4.78, 5) is 13.4. The van der Waals surface area contributed by atoms with Crippen molar-refractivity contribution in [3.8, 4) is 0 Å². The number of fused-ring (bicyclic) bond motifs is 1. The van der Waals surface area contributed by atoms with Gasteiger partial charge in [0.2, 0.25) is 0 Å². The van der Waals surface area contributed by atoms with Crippen molar-refractivity contribution in [2.24, 2.45) is 5.92 Å². The average molecular weight is 253 g/mol. The van der Waals surface area contributed by atoms with Gasteiger partial charge in [-0.25, -0.2) is 4.79 Å². The van der Waals surface area contributed by atoms with Crippen molar-refractivity contribution in [1.82, 2.24) is 5.32 Å². The van der Waals surface area contributed by atoms with Crippen LogP contribution in [-0.4, -0.2) is 18.6 Å². The van der Waals surface area contributed by atoms with Crippen LogP contribution in [0.5, 0.6) is 0 Å². The third-order valence-corrected chi connectivity index (χ3v) is 4.26. The number of carbonyl (C=O) groups is 1. The minimum Gasteiger partial charge on any atom is -0.461 e. The molecular formula is C13H19NO2S. The number of hydrogen-bond donors (Lipinski definition) is 1. The standard InChI is InChI=1S/C13H19NO2S/c1-8(2)9(3)16-13(15)12-10-5-7-17-11(10)4-6-14-12/h5,7-9,12,14H,4,6H2,1-3H3. The number of carbonyl (C=O) groups excluding carboxylic acids is 1. The van der Waals surface area contributed by atoms with Crippen LogP contribution in [0.4, 0.5) is 0 Å². The van der Waals surface area contributed by atoms with Crippen LogP contribution in [0.25, 0.3) is 0 Å². The van der Waals surface area contributed by atoms with E-state index in [1.165, 1.54) is 4.88 Å². The zero-order chi connectivity index (χ0) is 12.4. The molecule has 1 aromatic heterocycles. The van der Waals surface area contributed by atoms with Gasteiger partial charge in [0.25, 0.3) is 0 Å². The van der Waals surface area contributed by atoms with Gasteiger partial charge >= 0.3 is 5.97 Å². The molecular weight excluding hydrogens is 234 g/mol. The molecule has 3 nitrogen and oxygen atoms in total. The molecule has 0 fully saturated rings. The molecule has 1 aromatic rings. The van der Waals surface area contributed by atoms with Gasteiger partial charge in [-0.1, -0.05) is 13.8 Å². The van der Waals surface area contributed by atoms with E-state index in [0.29, 0.717) is 5.92 Å². The molecule has 2 atom stereocenters. The Hall–Kier alpha value is -0.870. The predicted molar refractivity (Wildman–Crippen MR) is 69.2 cm³/mol. The molecule has 0 aromatic carbocycles. The maximum absolute atomic E-state index is 12.1. The first kappa shape index (κ1) is 12.6.